The lowest BCUT2D eigenvalue weighted by molar-refractivity contribution is 0.103. The lowest BCUT2D eigenvalue weighted by Gasteiger charge is -2.26. The van der Waals surface area contributed by atoms with Crippen LogP contribution in [0.15, 0.2) is 84.9 Å². The minimum Gasteiger partial charge on any atom is -0.508 e. The second-order valence-corrected chi connectivity index (χ2v) is 21.4. The van der Waals surface area contributed by atoms with Crippen molar-refractivity contribution in [1.82, 2.24) is 9.80 Å². The normalized spacial score (nSPS) is 18.0. The molecule has 4 heterocycles. The molecule has 0 unspecified atom stereocenters. The maximum absolute atomic E-state index is 13.7. The number of fused-ring (bicyclic) bond motifs is 2. The molecule has 354 valence electrons. The fourth-order valence-corrected chi connectivity index (χ4v) is 13.6. The maximum Gasteiger partial charge on any atom is 0.194 e. The lowest BCUT2D eigenvalue weighted by atomic mass is 9.85. The SMILES string of the molecule is O=C(c1ccc(OCCN2CCCCC2)cc1)c1c(C2CCCCC2)sc2cc(O)ccc12.O=C(c1ccc(OCCN2CCCCCC2)cc1)c1c(C2CCCCC2)sc2cc(O)ccc12. The van der Waals surface area contributed by atoms with E-state index in [-0.39, 0.29) is 23.1 Å². The highest BCUT2D eigenvalue weighted by Gasteiger charge is 2.29. The van der Waals surface area contributed by atoms with E-state index in [2.05, 4.69) is 9.80 Å². The third-order valence-corrected chi connectivity index (χ3v) is 17.2. The van der Waals surface area contributed by atoms with Crippen molar-refractivity contribution in [3.63, 3.8) is 0 Å². The van der Waals surface area contributed by atoms with Gasteiger partial charge in [0.1, 0.15) is 36.2 Å². The number of rotatable bonds is 14. The van der Waals surface area contributed by atoms with E-state index in [1.807, 2.05) is 60.7 Å². The van der Waals surface area contributed by atoms with Crippen molar-refractivity contribution in [3.8, 4) is 23.0 Å². The molecule has 67 heavy (non-hydrogen) atoms. The fraction of sp³-hybridized carbons (Fsp3) is 0.474. The zero-order chi connectivity index (χ0) is 46.0. The molecule has 2 saturated heterocycles. The Balaban J connectivity index is 0.000000168. The minimum atomic E-state index is 0.0763. The van der Waals surface area contributed by atoms with Crippen LogP contribution >= 0.6 is 22.7 Å². The number of piperidine rings is 1. The van der Waals surface area contributed by atoms with Crippen LogP contribution in [0.4, 0.5) is 0 Å². The Morgan fingerprint density at radius 1 is 0.478 bits per heavy atom. The maximum atomic E-state index is 13.7. The minimum absolute atomic E-state index is 0.0763. The molecule has 10 heteroatoms. The van der Waals surface area contributed by atoms with Crippen LogP contribution in [0.1, 0.15) is 163 Å². The fourth-order valence-electron chi connectivity index (χ4n) is 10.8. The molecule has 0 bridgehead atoms. The van der Waals surface area contributed by atoms with Crippen molar-refractivity contribution < 1.29 is 29.3 Å². The number of ether oxygens (including phenoxy) is 2. The Hall–Kier alpha value is -4.74. The van der Waals surface area contributed by atoms with Gasteiger partial charge in [-0.3, -0.25) is 19.4 Å². The van der Waals surface area contributed by atoms with Gasteiger partial charge < -0.3 is 19.7 Å². The Morgan fingerprint density at radius 3 is 1.22 bits per heavy atom. The molecule has 0 atom stereocenters. The first kappa shape index (κ1) is 47.3. The number of thiophene rings is 2. The molecule has 10 rings (SSSR count). The van der Waals surface area contributed by atoms with Crippen LogP contribution in [0.2, 0.25) is 0 Å². The Bertz CT molecular complexity index is 2560. The van der Waals surface area contributed by atoms with Crippen LogP contribution in [-0.2, 0) is 0 Å². The molecule has 4 aliphatic rings. The Labute approximate surface area is 404 Å². The van der Waals surface area contributed by atoms with Crippen LogP contribution in [-0.4, -0.2) is 84.1 Å². The summed E-state index contributed by atoms with van der Waals surface area (Å²) in [5.41, 5.74) is 3.07. The summed E-state index contributed by atoms with van der Waals surface area (Å²) in [7, 11) is 0. The average molecular weight is 941 g/mol. The quantitative estimate of drug-likeness (QED) is 0.104. The molecule has 2 N–H and O–H groups in total. The summed E-state index contributed by atoms with van der Waals surface area (Å²) in [6, 6.07) is 26.1. The van der Waals surface area contributed by atoms with E-state index in [1.165, 1.54) is 119 Å². The lowest BCUT2D eigenvalue weighted by Crippen LogP contribution is -2.33. The number of phenols is 2. The van der Waals surface area contributed by atoms with E-state index in [9.17, 15) is 19.8 Å². The van der Waals surface area contributed by atoms with Gasteiger partial charge in [0.2, 0.25) is 0 Å². The van der Waals surface area contributed by atoms with E-state index in [1.54, 1.807) is 46.9 Å². The molecule has 4 aromatic carbocycles. The van der Waals surface area contributed by atoms with Gasteiger partial charge in [-0.2, -0.15) is 0 Å². The highest BCUT2D eigenvalue weighted by molar-refractivity contribution is 7.20. The molecule has 2 aliphatic carbocycles. The smallest absolute Gasteiger partial charge is 0.194 e. The van der Waals surface area contributed by atoms with E-state index in [4.69, 9.17) is 9.47 Å². The third-order valence-electron chi connectivity index (χ3n) is 14.5. The number of carbonyl (C=O) groups is 2. The van der Waals surface area contributed by atoms with Gasteiger partial charge >= 0.3 is 0 Å². The number of hydrogen-bond donors (Lipinski definition) is 2. The van der Waals surface area contributed by atoms with Gasteiger partial charge in [0.15, 0.2) is 11.6 Å². The zero-order valence-electron chi connectivity index (χ0n) is 39.2. The second-order valence-electron chi connectivity index (χ2n) is 19.3. The third kappa shape index (κ3) is 11.9. The molecule has 2 saturated carbocycles. The zero-order valence-corrected chi connectivity index (χ0v) is 40.8. The van der Waals surface area contributed by atoms with Gasteiger partial charge in [-0.25, -0.2) is 0 Å². The summed E-state index contributed by atoms with van der Waals surface area (Å²) in [5.74, 6) is 3.17. The van der Waals surface area contributed by atoms with Crippen molar-refractivity contribution in [2.45, 2.75) is 121 Å². The summed E-state index contributed by atoms with van der Waals surface area (Å²) in [6.45, 7) is 7.96. The average Bonchev–Trinajstić information content (AvgIpc) is 3.82. The molecule has 4 fully saturated rings. The van der Waals surface area contributed by atoms with Crippen molar-refractivity contribution in [2.75, 3.05) is 52.5 Å². The number of aromatic hydroxyl groups is 2. The van der Waals surface area contributed by atoms with Crippen LogP contribution < -0.4 is 9.47 Å². The van der Waals surface area contributed by atoms with Gasteiger partial charge in [0.05, 0.1) is 0 Å². The second kappa shape index (κ2) is 23.0. The number of phenolic OH excluding ortho intramolecular Hbond substituents is 2. The van der Waals surface area contributed by atoms with Crippen molar-refractivity contribution in [3.05, 3.63) is 117 Å². The molecule has 0 amide bonds. The highest BCUT2D eigenvalue weighted by Crippen LogP contribution is 2.45. The van der Waals surface area contributed by atoms with Gasteiger partial charge in [-0.15, -0.1) is 22.7 Å². The molecular weight excluding hydrogens is 873 g/mol. The Kier molecular flexibility index (Phi) is 16.3. The van der Waals surface area contributed by atoms with E-state index < -0.39 is 0 Å². The van der Waals surface area contributed by atoms with Gasteiger partial charge in [0.25, 0.3) is 0 Å². The van der Waals surface area contributed by atoms with Crippen molar-refractivity contribution in [1.29, 1.82) is 0 Å². The molecule has 8 nitrogen and oxygen atoms in total. The summed E-state index contributed by atoms with van der Waals surface area (Å²) in [4.78, 5) is 34.8. The first-order chi connectivity index (χ1) is 32.9. The van der Waals surface area contributed by atoms with Crippen molar-refractivity contribution >= 4 is 54.4 Å². The number of ketones is 2. The summed E-state index contributed by atoms with van der Waals surface area (Å²) < 4.78 is 14.0. The molecule has 0 radical (unpaired) electrons. The van der Waals surface area contributed by atoms with Gasteiger partial charge in [-0.1, -0.05) is 57.8 Å². The van der Waals surface area contributed by atoms with Crippen LogP contribution in [0.25, 0.3) is 20.2 Å². The predicted octanol–water partition coefficient (Wildman–Crippen LogP) is 13.9. The van der Waals surface area contributed by atoms with Crippen LogP contribution in [0.3, 0.4) is 0 Å². The standard InChI is InChI=1S/C29H35NO3S.C28H33NO3S/c31-23-12-15-25-26(20-23)34-29(22-8-4-3-5-9-22)27(25)28(32)21-10-13-24(14-11-21)33-19-18-30-16-6-1-2-7-17-30;30-22-11-14-24-25(19-22)33-28(21-7-3-1-4-8-21)26(24)27(31)20-9-12-23(13-10-20)32-18-17-29-15-5-2-6-16-29/h10-15,20,22,31H,1-9,16-19H2;9-14,19,21,30H,1-8,15-18H2. The number of likely N-dealkylation sites (tertiary alicyclic amines) is 2. The molecule has 2 aromatic heterocycles. The van der Waals surface area contributed by atoms with E-state index in [0.717, 1.165) is 81.6 Å². The largest absolute Gasteiger partial charge is 0.508 e. The molecule has 0 spiro atoms. The topological polar surface area (TPSA) is 99.5 Å². The van der Waals surface area contributed by atoms with Gasteiger partial charge in [-0.05, 0) is 174 Å². The monoisotopic (exact) mass is 940 g/mol. The van der Waals surface area contributed by atoms with Crippen LogP contribution in [0.5, 0.6) is 23.0 Å². The summed E-state index contributed by atoms with van der Waals surface area (Å²) >= 11 is 3.37. The number of carbonyl (C=O) groups excluding carboxylic acids is 2. The summed E-state index contributed by atoms with van der Waals surface area (Å²) in [5, 5.41) is 21.9. The van der Waals surface area contributed by atoms with Crippen molar-refractivity contribution in [2.24, 2.45) is 0 Å². The number of nitrogens with zero attached hydrogens (tertiary/aromatic N) is 2. The first-order valence-corrected chi connectivity index (χ1v) is 27.0. The molecular formula is C57H68N2O6S2. The van der Waals surface area contributed by atoms with E-state index in [0.29, 0.717) is 36.2 Å². The molecule has 2 aliphatic heterocycles. The molecule has 6 aromatic rings. The first-order valence-electron chi connectivity index (χ1n) is 25.4. The predicted molar refractivity (Wildman–Crippen MR) is 275 cm³/mol. The van der Waals surface area contributed by atoms with Crippen LogP contribution in [0, 0.1) is 0 Å². The number of hydrogen-bond acceptors (Lipinski definition) is 10. The highest BCUT2D eigenvalue weighted by atomic mass is 32.1. The van der Waals surface area contributed by atoms with Gasteiger partial charge in [0, 0.05) is 65.3 Å². The number of benzene rings is 4. The summed E-state index contributed by atoms with van der Waals surface area (Å²) in [6.07, 6.45) is 21.2. The van der Waals surface area contributed by atoms with E-state index >= 15 is 0 Å². The Morgan fingerprint density at radius 2 is 0.836 bits per heavy atom.